The second-order valence-electron chi connectivity index (χ2n) is 7.52. The molecule has 3 rings (SSSR count). The molecule has 1 heteroatoms. The fourth-order valence-electron chi connectivity index (χ4n) is 4.06. The first-order chi connectivity index (χ1) is 13.1. The molecule has 0 aromatic heterocycles. The Hall–Kier alpha value is -2.41. The summed E-state index contributed by atoms with van der Waals surface area (Å²) in [6.45, 7) is 6.52. The van der Waals surface area contributed by atoms with E-state index < -0.39 is 0 Å². The highest BCUT2D eigenvalue weighted by molar-refractivity contribution is 5.82. The molecule has 0 fully saturated rings. The van der Waals surface area contributed by atoms with Crippen molar-refractivity contribution in [1.82, 2.24) is 0 Å². The fraction of sp³-hybridized carbons (Fsp3) is 0.346. The van der Waals surface area contributed by atoms with Crippen LogP contribution in [0.15, 0.2) is 66.3 Å². The lowest BCUT2D eigenvalue weighted by Crippen LogP contribution is -2.08. The van der Waals surface area contributed by atoms with Crippen LogP contribution >= 0.6 is 0 Å². The van der Waals surface area contributed by atoms with Crippen LogP contribution in [-0.4, -0.2) is 5.78 Å². The van der Waals surface area contributed by atoms with Crippen LogP contribution in [0.25, 0.3) is 5.57 Å². The summed E-state index contributed by atoms with van der Waals surface area (Å²) in [5.74, 6) is 0.789. The summed E-state index contributed by atoms with van der Waals surface area (Å²) >= 11 is 0. The molecule has 0 N–H and O–H groups in total. The van der Waals surface area contributed by atoms with Crippen molar-refractivity contribution in [1.29, 1.82) is 0 Å². The Morgan fingerprint density at radius 1 is 1.00 bits per heavy atom. The summed E-state index contributed by atoms with van der Waals surface area (Å²) in [5, 5.41) is 0. The number of rotatable bonds is 8. The fourth-order valence-corrected chi connectivity index (χ4v) is 4.06. The van der Waals surface area contributed by atoms with Crippen molar-refractivity contribution in [2.24, 2.45) is 5.92 Å². The number of Topliss-reactive ketones (excluding diaryl/α,β-unsaturated/α-hetero) is 1. The molecule has 0 aliphatic heterocycles. The maximum absolute atomic E-state index is 12.6. The zero-order chi connectivity index (χ0) is 19.2. The Morgan fingerprint density at radius 2 is 1.78 bits per heavy atom. The maximum atomic E-state index is 12.6. The van der Waals surface area contributed by atoms with E-state index >= 15 is 0 Å². The minimum Gasteiger partial charge on any atom is -0.299 e. The highest BCUT2D eigenvalue weighted by atomic mass is 16.1. The van der Waals surface area contributed by atoms with Gasteiger partial charge in [0.25, 0.3) is 0 Å². The molecule has 1 aliphatic carbocycles. The van der Waals surface area contributed by atoms with Crippen molar-refractivity contribution in [3.63, 3.8) is 0 Å². The largest absolute Gasteiger partial charge is 0.299 e. The molecule has 0 radical (unpaired) electrons. The Labute approximate surface area is 163 Å². The highest BCUT2D eigenvalue weighted by Gasteiger charge is 2.22. The van der Waals surface area contributed by atoms with Crippen LogP contribution < -0.4 is 0 Å². The summed E-state index contributed by atoms with van der Waals surface area (Å²) in [6.07, 6.45) is 8.67. The van der Waals surface area contributed by atoms with E-state index in [1.807, 2.05) is 0 Å². The molecular weight excluding hydrogens is 328 g/mol. The van der Waals surface area contributed by atoms with Crippen LogP contribution in [0.4, 0.5) is 0 Å². The average Bonchev–Trinajstić information content (AvgIpc) is 3.11. The van der Waals surface area contributed by atoms with Crippen molar-refractivity contribution in [3.05, 3.63) is 88.5 Å². The van der Waals surface area contributed by atoms with Gasteiger partial charge < -0.3 is 0 Å². The third kappa shape index (κ3) is 4.66. The first-order valence-corrected chi connectivity index (χ1v) is 10.2. The van der Waals surface area contributed by atoms with Gasteiger partial charge in [-0.05, 0) is 54.0 Å². The van der Waals surface area contributed by atoms with E-state index in [0.717, 1.165) is 19.3 Å². The van der Waals surface area contributed by atoms with E-state index in [1.54, 1.807) is 0 Å². The molecule has 1 aliphatic rings. The van der Waals surface area contributed by atoms with Crippen LogP contribution in [0, 0.1) is 12.8 Å². The lowest BCUT2D eigenvalue weighted by atomic mass is 9.86. The monoisotopic (exact) mass is 358 g/mol. The number of carbonyl (C=O) groups excluding carboxylic acids is 1. The molecule has 1 atom stereocenters. The van der Waals surface area contributed by atoms with Gasteiger partial charge in [-0.1, -0.05) is 80.1 Å². The third-order valence-electron chi connectivity index (χ3n) is 5.71. The number of benzene rings is 2. The van der Waals surface area contributed by atoms with E-state index in [2.05, 4.69) is 81.5 Å². The molecule has 0 saturated heterocycles. The molecule has 27 heavy (non-hydrogen) atoms. The predicted octanol–water partition coefficient (Wildman–Crippen LogP) is 6.50. The minimum atomic E-state index is 0.339. The summed E-state index contributed by atoms with van der Waals surface area (Å²) in [5.41, 5.74) is 7.85. The van der Waals surface area contributed by atoms with Crippen molar-refractivity contribution >= 4 is 11.4 Å². The van der Waals surface area contributed by atoms with Gasteiger partial charge in [0, 0.05) is 18.8 Å². The second-order valence-corrected chi connectivity index (χ2v) is 7.52. The Morgan fingerprint density at radius 3 is 2.44 bits per heavy atom. The molecule has 1 nitrogen and oxygen atoms in total. The molecule has 2 aromatic carbocycles. The number of allylic oxidation sites excluding steroid dienone is 4. The second kappa shape index (κ2) is 8.99. The Balaban J connectivity index is 1.58. The van der Waals surface area contributed by atoms with Gasteiger partial charge in [0.1, 0.15) is 5.78 Å². The van der Waals surface area contributed by atoms with Crippen LogP contribution in [-0.2, 0) is 17.6 Å². The lowest BCUT2D eigenvalue weighted by molar-refractivity contribution is -0.118. The summed E-state index contributed by atoms with van der Waals surface area (Å²) in [4.78, 5) is 12.6. The molecule has 1 unspecified atom stereocenters. The van der Waals surface area contributed by atoms with Gasteiger partial charge in [-0.25, -0.2) is 0 Å². The summed E-state index contributed by atoms with van der Waals surface area (Å²) in [7, 11) is 0. The Bertz CT molecular complexity index is 855. The predicted molar refractivity (Wildman–Crippen MR) is 115 cm³/mol. The van der Waals surface area contributed by atoms with Crippen molar-refractivity contribution in [2.45, 2.75) is 52.9 Å². The molecule has 0 spiro atoms. The number of ketones is 1. The van der Waals surface area contributed by atoms with E-state index in [0.29, 0.717) is 24.5 Å². The van der Waals surface area contributed by atoms with E-state index in [-0.39, 0.29) is 0 Å². The highest BCUT2D eigenvalue weighted by Crippen LogP contribution is 2.38. The van der Waals surface area contributed by atoms with Gasteiger partial charge in [-0.2, -0.15) is 0 Å². The quantitative estimate of drug-likeness (QED) is 0.526. The molecule has 0 bridgehead atoms. The van der Waals surface area contributed by atoms with Crippen LogP contribution in [0.1, 0.15) is 55.4 Å². The first-order valence-electron chi connectivity index (χ1n) is 10.2. The summed E-state index contributed by atoms with van der Waals surface area (Å²) in [6, 6.07) is 17.1. The molecule has 0 saturated carbocycles. The minimum absolute atomic E-state index is 0.339. The van der Waals surface area contributed by atoms with Crippen molar-refractivity contribution < 1.29 is 4.79 Å². The average molecular weight is 359 g/mol. The molecule has 0 amide bonds. The smallest absolute Gasteiger partial charge is 0.137 e. The zero-order valence-corrected chi connectivity index (χ0v) is 16.8. The van der Waals surface area contributed by atoms with Crippen molar-refractivity contribution in [3.8, 4) is 0 Å². The summed E-state index contributed by atoms with van der Waals surface area (Å²) < 4.78 is 0. The van der Waals surface area contributed by atoms with Gasteiger partial charge in [0.05, 0.1) is 0 Å². The first kappa shape index (κ1) is 19.4. The molecule has 0 heterocycles. The van der Waals surface area contributed by atoms with Gasteiger partial charge in [-0.3, -0.25) is 4.79 Å². The van der Waals surface area contributed by atoms with Crippen molar-refractivity contribution in [2.75, 3.05) is 0 Å². The molecule has 2 aromatic rings. The molecular formula is C26H30O. The Kier molecular flexibility index (Phi) is 6.45. The molecule has 140 valence electrons. The zero-order valence-electron chi connectivity index (χ0n) is 16.8. The maximum Gasteiger partial charge on any atom is 0.137 e. The van der Waals surface area contributed by atoms with Gasteiger partial charge >= 0.3 is 0 Å². The van der Waals surface area contributed by atoms with Gasteiger partial charge in [-0.15, -0.1) is 0 Å². The number of aryl methyl sites for hydroxylation is 2. The number of hydrogen-bond acceptors (Lipinski definition) is 1. The van der Waals surface area contributed by atoms with E-state index in [1.165, 1.54) is 33.4 Å². The normalized spacial score (nSPS) is 16.2. The van der Waals surface area contributed by atoms with Gasteiger partial charge in [0.15, 0.2) is 0 Å². The standard InChI is InChI=1S/C26H30O/c1-4-20-11-12-23(19(3)17-20)18-24(27)15-13-22-14-16-26(25(22)5-2)21-9-7-6-8-10-21/h6-12,14,16-17,25H,4-5,13,15,18H2,1-3H3. The number of hydrogen-bond donors (Lipinski definition) is 0. The SMILES string of the molecule is CCc1ccc(CC(=O)CCC2=CC=C(c3ccccc3)C2CC)c(C)c1. The van der Waals surface area contributed by atoms with E-state index in [4.69, 9.17) is 0 Å². The van der Waals surface area contributed by atoms with Gasteiger partial charge in [0.2, 0.25) is 0 Å². The van der Waals surface area contributed by atoms with Crippen LogP contribution in [0.2, 0.25) is 0 Å². The van der Waals surface area contributed by atoms with Crippen LogP contribution in [0.3, 0.4) is 0 Å². The lowest BCUT2D eigenvalue weighted by Gasteiger charge is -2.18. The van der Waals surface area contributed by atoms with E-state index in [9.17, 15) is 4.79 Å². The third-order valence-corrected chi connectivity index (χ3v) is 5.71. The topological polar surface area (TPSA) is 17.1 Å². The number of carbonyl (C=O) groups is 1. The van der Waals surface area contributed by atoms with Crippen LogP contribution in [0.5, 0.6) is 0 Å².